The zero-order valence-electron chi connectivity index (χ0n) is 15.8. The van der Waals surface area contributed by atoms with Crippen LogP contribution in [0, 0.1) is 0 Å². The van der Waals surface area contributed by atoms with E-state index in [0.717, 1.165) is 73.2 Å². The number of aliphatic hydroxyl groups is 1. The van der Waals surface area contributed by atoms with Crippen LogP contribution >= 0.6 is 0 Å². The molecule has 0 aliphatic carbocycles. The molecule has 27 heavy (non-hydrogen) atoms. The van der Waals surface area contributed by atoms with Gasteiger partial charge in [0, 0.05) is 50.3 Å². The number of nitrogens with two attached hydrogens (primary N) is 1. The maximum absolute atomic E-state index is 9.53. The van der Waals surface area contributed by atoms with Gasteiger partial charge in [0.1, 0.15) is 11.6 Å². The number of nitrogen functional groups attached to an aromatic ring is 1. The molecule has 1 saturated heterocycles. The Labute approximate surface area is 159 Å². The van der Waals surface area contributed by atoms with Crippen molar-refractivity contribution in [2.45, 2.75) is 39.0 Å². The second kappa shape index (κ2) is 7.70. The molecule has 2 aliphatic rings. The van der Waals surface area contributed by atoms with Crippen LogP contribution in [0.15, 0.2) is 18.2 Å². The smallest absolute Gasteiger partial charge is 0.227 e. The molecule has 1 fully saturated rings. The summed E-state index contributed by atoms with van der Waals surface area (Å²) >= 11 is 0. The first-order chi connectivity index (χ1) is 13.2. The largest absolute Gasteiger partial charge is 0.496 e. The number of nitrogens with zero attached hydrogens (tertiary/aromatic N) is 4. The van der Waals surface area contributed by atoms with Gasteiger partial charge in [-0.1, -0.05) is 6.07 Å². The Balaban J connectivity index is 1.50. The summed E-state index contributed by atoms with van der Waals surface area (Å²) in [6.45, 7) is 4.50. The van der Waals surface area contributed by atoms with Gasteiger partial charge in [0.2, 0.25) is 5.95 Å². The van der Waals surface area contributed by atoms with Crippen molar-refractivity contribution in [3.8, 4) is 5.75 Å². The zero-order valence-corrected chi connectivity index (χ0v) is 15.8. The van der Waals surface area contributed by atoms with E-state index in [2.05, 4.69) is 14.8 Å². The minimum absolute atomic E-state index is 0.0279. The summed E-state index contributed by atoms with van der Waals surface area (Å²) < 4.78 is 5.29. The highest BCUT2D eigenvalue weighted by Crippen LogP contribution is 2.27. The van der Waals surface area contributed by atoms with E-state index >= 15 is 0 Å². The second-order valence-electron chi connectivity index (χ2n) is 7.29. The van der Waals surface area contributed by atoms with Gasteiger partial charge in [-0.15, -0.1) is 0 Å². The van der Waals surface area contributed by atoms with Crippen LogP contribution in [-0.2, 0) is 26.1 Å². The van der Waals surface area contributed by atoms with E-state index in [-0.39, 0.29) is 6.61 Å². The normalized spacial score (nSPS) is 17.2. The molecule has 144 valence electrons. The SMILES string of the molecule is COc1ccc(CN2CCc3nc(N4CCCC4)nc(N)c3C2)cc1CO. The van der Waals surface area contributed by atoms with Crippen molar-refractivity contribution in [2.75, 3.05) is 37.4 Å². The number of methoxy groups -OCH3 is 1. The van der Waals surface area contributed by atoms with Gasteiger partial charge in [-0.05, 0) is 30.5 Å². The van der Waals surface area contributed by atoms with Gasteiger partial charge in [-0.25, -0.2) is 4.98 Å². The van der Waals surface area contributed by atoms with Crippen LogP contribution in [0.3, 0.4) is 0 Å². The highest BCUT2D eigenvalue weighted by atomic mass is 16.5. The Morgan fingerprint density at radius 2 is 2.00 bits per heavy atom. The highest BCUT2D eigenvalue weighted by molar-refractivity contribution is 5.49. The lowest BCUT2D eigenvalue weighted by atomic mass is 10.0. The van der Waals surface area contributed by atoms with E-state index < -0.39 is 0 Å². The van der Waals surface area contributed by atoms with Crippen molar-refractivity contribution in [2.24, 2.45) is 0 Å². The third-order valence-corrected chi connectivity index (χ3v) is 5.47. The lowest BCUT2D eigenvalue weighted by Crippen LogP contribution is -2.32. The number of hydrogen-bond acceptors (Lipinski definition) is 7. The number of anilines is 2. The lowest BCUT2D eigenvalue weighted by Gasteiger charge is -2.30. The highest BCUT2D eigenvalue weighted by Gasteiger charge is 2.24. The molecular formula is C20H27N5O2. The first-order valence-corrected chi connectivity index (χ1v) is 9.57. The number of hydrogen-bond donors (Lipinski definition) is 2. The van der Waals surface area contributed by atoms with Gasteiger partial charge >= 0.3 is 0 Å². The Morgan fingerprint density at radius 1 is 1.19 bits per heavy atom. The molecule has 3 heterocycles. The molecule has 0 radical (unpaired) electrons. The summed E-state index contributed by atoms with van der Waals surface area (Å²) in [5, 5.41) is 9.53. The Hall–Kier alpha value is -2.38. The lowest BCUT2D eigenvalue weighted by molar-refractivity contribution is 0.242. The first kappa shape index (κ1) is 18.0. The summed E-state index contributed by atoms with van der Waals surface area (Å²) in [7, 11) is 1.62. The number of ether oxygens (including phenoxy) is 1. The fourth-order valence-electron chi connectivity index (χ4n) is 3.99. The molecule has 1 aromatic carbocycles. The first-order valence-electron chi connectivity index (χ1n) is 9.57. The van der Waals surface area contributed by atoms with E-state index in [4.69, 9.17) is 15.5 Å². The van der Waals surface area contributed by atoms with Crippen molar-refractivity contribution < 1.29 is 9.84 Å². The third kappa shape index (κ3) is 3.70. The van der Waals surface area contributed by atoms with Crippen LogP contribution in [0.5, 0.6) is 5.75 Å². The molecule has 0 amide bonds. The maximum atomic E-state index is 9.53. The molecule has 3 N–H and O–H groups in total. The molecule has 0 saturated carbocycles. The van der Waals surface area contributed by atoms with Crippen molar-refractivity contribution in [3.63, 3.8) is 0 Å². The third-order valence-electron chi connectivity index (χ3n) is 5.47. The van der Waals surface area contributed by atoms with E-state index in [1.165, 1.54) is 12.8 Å². The monoisotopic (exact) mass is 369 g/mol. The molecule has 7 heteroatoms. The van der Waals surface area contributed by atoms with Gasteiger partial charge in [0.05, 0.1) is 19.4 Å². The maximum Gasteiger partial charge on any atom is 0.227 e. The van der Waals surface area contributed by atoms with Gasteiger partial charge in [0.25, 0.3) is 0 Å². The Bertz CT molecular complexity index is 820. The van der Waals surface area contributed by atoms with Gasteiger partial charge in [-0.2, -0.15) is 4.98 Å². The van der Waals surface area contributed by atoms with E-state index in [1.807, 2.05) is 18.2 Å². The van der Waals surface area contributed by atoms with E-state index in [1.54, 1.807) is 7.11 Å². The average Bonchev–Trinajstić information content (AvgIpc) is 3.23. The summed E-state index contributed by atoms with van der Waals surface area (Å²) in [6, 6.07) is 5.97. The average molecular weight is 369 g/mol. The predicted octanol–water partition coefficient (Wildman–Crippen LogP) is 1.72. The van der Waals surface area contributed by atoms with Crippen LogP contribution in [0.2, 0.25) is 0 Å². The molecule has 0 unspecified atom stereocenters. The Morgan fingerprint density at radius 3 is 2.74 bits per heavy atom. The van der Waals surface area contributed by atoms with Crippen molar-refractivity contribution in [3.05, 3.63) is 40.6 Å². The topological polar surface area (TPSA) is 87.7 Å². The van der Waals surface area contributed by atoms with Crippen molar-refractivity contribution in [1.29, 1.82) is 0 Å². The summed E-state index contributed by atoms with van der Waals surface area (Å²) in [4.78, 5) is 14.0. The standard InChI is InChI=1S/C20H27N5O2/c1-27-18-5-4-14(10-15(18)13-26)11-24-9-6-17-16(12-24)19(21)23-20(22-17)25-7-2-3-8-25/h4-5,10,26H,2-3,6-9,11-13H2,1H3,(H2,21,22,23). The molecule has 1 aromatic heterocycles. The van der Waals surface area contributed by atoms with E-state index in [9.17, 15) is 5.11 Å². The quantitative estimate of drug-likeness (QED) is 0.830. The van der Waals surface area contributed by atoms with Crippen LogP contribution in [-0.4, -0.2) is 46.7 Å². The van der Waals surface area contributed by atoms with Gasteiger partial charge in [0.15, 0.2) is 0 Å². The molecule has 4 rings (SSSR count). The number of fused-ring (bicyclic) bond motifs is 1. The minimum atomic E-state index is -0.0279. The van der Waals surface area contributed by atoms with Gasteiger partial charge in [-0.3, -0.25) is 4.90 Å². The molecule has 0 atom stereocenters. The number of rotatable bonds is 5. The zero-order chi connectivity index (χ0) is 18.8. The fourth-order valence-corrected chi connectivity index (χ4v) is 3.99. The molecule has 0 bridgehead atoms. The fraction of sp³-hybridized carbons (Fsp3) is 0.500. The molecular weight excluding hydrogens is 342 g/mol. The van der Waals surface area contributed by atoms with Gasteiger partial charge < -0.3 is 20.5 Å². The van der Waals surface area contributed by atoms with Crippen LogP contribution in [0.25, 0.3) is 0 Å². The Kier molecular flexibility index (Phi) is 5.13. The number of aromatic nitrogens is 2. The number of benzene rings is 1. The summed E-state index contributed by atoms with van der Waals surface area (Å²) in [5.74, 6) is 2.12. The summed E-state index contributed by atoms with van der Waals surface area (Å²) in [6.07, 6.45) is 3.28. The van der Waals surface area contributed by atoms with Crippen LogP contribution in [0.4, 0.5) is 11.8 Å². The molecule has 2 aromatic rings. The van der Waals surface area contributed by atoms with Crippen LogP contribution < -0.4 is 15.4 Å². The second-order valence-corrected chi connectivity index (χ2v) is 7.29. The van der Waals surface area contributed by atoms with Crippen molar-refractivity contribution >= 4 is 11.8 Å². The summed E-state index contributed by atoms with van der Waals surface area (Å²) in [5.41, 5.74) is 10.4. The van der Waals surface area contributed by atoms with E-state index in [0.29, 0.717) is 5.82 Å². The molecule has 2 aliphatic heterocycles. The van der Waals surface area contributed by atoms with Crippen molar-refractivity contribution in [1.82, 2.24) is 14.9 Å². The number of aliphatic hydroxyl groups excluding tert-OH is 1. The molecule has 7 nitrogen and oxygen atoms in total. The molecule has 0 spiro atoms. The predicted molar refractivity (Wildman–Crippen MR) is 105 cm³/mol. The van der Waals surface area contributed by atoms with Crippen LogP contribution in [0.1, 0.15) is 35.2 Å². The minimum Gasteiger partial charge on any atom is -0.496 e.